The van der Waals surface area contributed by atoms with Crippen LogP contribution in [0.15, 0.2) is 53.6 Å². The van der Waals surface area contributed by atoms with Gasteiger partial charge < -0.3 is 20.0 Å². The predicted molar refractivity (Wildman–Crippen MR) is 110 cm³/mol. The van der Waals surface area contributed by atoms with Gasteiger partial charge >= 0.3 is 29.6 Å². The average Bonchev–Trinajstić information content (AvgIpc) is 2.78. The second-order valence-electron chi connectivity index (χ2n) is 5.94. The number of fused-ring (bicyclic) bond motifs is 1. The van der Waals surface area contributed by atoms with Crippen molar-refractivity contribution in [1.82, 2.24) is 4.98 Å². The molecule has 0 unspecified atom stereocenters. The summed E-state index contributed by atoms with van der Waals surface area (Å²) in [4.78, 5) is 27.2. The number of aromatic carboxylic acids is 1. The first-order valence-corrected chi connectivity index (χ1v) is 9.74. The summed E-state index contributed by atoms with van der Waals surface area (Å²) in [6.45, 7) is 0. The first-order chi connectivity index (χ1) is 14.9. The van der Waals surface area contributed by atoms with Gasteiger partial charge in [0.2, 0.25) is 5.91 Å². The van der Waals surface area contributed by atoms with Crippen molar-refractivity contribution in [2.24, 2.45) is 0 Å². The Morgan fingerprint density at radius 3 is 2.34 bits per heavy atom. The van der Waals surface area contributed by atoms with Gasteiger partial charge in [-0.25, -0.2) is 13.8 Å². The maximum absolute atomic E-state index is 13.4. The zero-order chi connectivity index (χ0) is 23.0. The van der Waals surface area contributed by atoms with E-state index < -0.39 is 12.4 Å². The molecule has 1 aromatic heterocycles. The van der Waals surface area contributed by atoms with E-state index in [9.17, 15) is 27.9 Å². The third-order valence-electron chi connectivity index (χ3n) is 4.02. The van der Waals surface area contributed by atoms with E-state index in [-0.39, 0.29) is 57.4 Å². The summed E-state index contributed by atoms with van der Waals surface area (Å²) in [5, 5.41) is 13.9. The Morgan fingerprint density at radius 2 is 1.78 bits per heavy atom. The second-order valence-corrected chi connectivity index (χ2v) is 6.93. The number of benzene rings is 2. The van der Waals surface area contributed by atoms with Gasteiger partial charge in [-0.2, -0.15) is 0 Å². The number of methoxy groups -OCH3 is 1. The van der Waals surface area contributed by atoms with Crippen molar-refractivity contribution in [2.75, 3.05) is 25.4 Å². The third-order valence-corrected chi connectivity index (χ3v) is 4.93. The van der Waals surface area contributed by atoms with E-state index in [0.717, 1.165) is 11.8 Å². The second kappa shape index (κ2) is 13.3. The first-order valence-electron chi connectivity index (χ1n) is 8.76. The van der Waals surface area contributed by atoms with Crippen LogP contribution in [0.2, 0.25) is 0 Å². The van der Waals surface area contributed by atoms with E-state index in [0.29, 0.717) is 29.5 Å². The number of alkyl halides is 3. The summed E-state index contributed by atoms with van der Waals surface area (Å²) in [6.07, 6.45) is -2.69. The van der Waals surface area contributed by atoms with Crippen LogP contribution < -0.4 is 44.7 Å². The summed E-state index contributed by atoms with van der Waals surface area (Å²) in [5.74, 6) is -1.27. The van der Waals surface area contributed by atoms with Gasteiger partial charge in [0.25, 0.3) is 6.43 Å². The number of carbonyl (C=O) groups is 2. The fourth-order valence-corrected chi connectivity index (χ4v) is 3.34. The van der Waals surface area contributed by atoms with Crippen LogP contribution in [0.25, 0.3) is 10.9 Å². The molecule has 0 aliphatic rings. The van der Waals surface area contributed by atoms with Gasteiger partial charge in [-0.15, -0.1) is 0 Å². The van der Waals surface area contributed by atoms with Crippen molar-refractivity contribution >= 4 is 40.2 Å². The molecule has 0 aliphatic carbocycles. The Bertz CT molecular complexity index is 1070. The molecule has 0 radical (unpaired) electrons. The Hall–Kier alpha value is -2.27. The molecule has 0 bridgehead atoms. The number of pyridine rings is 1. The van der Waals surface area contributed by atoms with Gasteiger partial charge in [0.05, 0.1) is 36.6 Å². The molecule has 6 nitrogen and oxygen atoms in total. The molecule has 1 amide bonds. The molecule has 3 aromatic rings. The van der Waals surface area contributed by atoms with Gasteiger partial charge in [0, 0.05) is 22.7 Å². The van der Waals surface area contributed by atoms with Crippen molar-refractivity contribution in [3.8, 4) is 5.75 Å². The molecule has 32 heavy (non-hydrogen) atoms. The van der Waals surface area contributed by atoms with Crippen molar-refractivity contribution in [1.29, 1.82) is 0 Å². The minimum Gasteiger partial charge on any atom is -0.545 e. The summed E-state index contributed by atoms with van der Waals surface area (Å²) >= 11 is 1.01. The maximum Gasteiger partial charge on any atom is 1.00 e. The van der Waals surface area contributed by atoms with Gasteiger partial charge in [-0.1, -0.05) is 23.9 Å². The van der Waals surface area contributed by atoms with E-state index in [2.05, 4.69) is 10.3 Å². The van der Waals surface area contributed by atoms with Crippen molar-refractivity contribution in [2.45, 2.75) is 11.5 Å². The molecule has 1 N–H and O–H groups in total. The van der Waals surface area contributed by atoms with Crippen LogP contribution in [0.5, 0.6) is 5.75 Å². The molecule has 0 saturated carbocycles. The topological polar surface area (TPSA) is 91.3 Å². The van der Waals surface area contributed by atoms with Crippen molar-refractivity contribution in [3.63, 3.8) is 0 Å². The summed E-state index contributed by atoms with van der Waals surface area (Å²) in [6, 6.07) is 11.4. The van der Waals surface area contributed by atoms with Gasteiger partial charge in [-0.3, -0.25) is 9.18 Å². The standard InChI is InChI=1S/C20H16F2N2O4S.CH3F.Na/c1-28-13-6-7-14-15(19(21)22)9-18(24-16(14)8-13)29-10-17(25)23-12-4-2-11(3-5-12)20(26)27;1-2;/h2-9,19H,10H2,1H3,(H,23,25)(H,26,27);1H3;/q;;+1/p-1. The van der Waals surface area contributed by atoms with Crippen LogP contribution >= 0.6 is 11.8 Å². The minimum atomic E-state index is -2.69. The van der Waals surface area contributed by atoms with Crippen LogP contribution in [-0.2, 0) is 4.79 Å². The summed E-state index contributed by atoms with van der Waals surface area (Å²) < 4.78 is 41.5. The van der Waals surface area contributed by atoms with Crippen LogP contribution in [0.1, 0.15) is 22.3 Å². The quantitative estimate of drug-likeness (QED) is 0.404. The molecule has 0 spiro atoms. The molecule has 0 aliphatic heterocycles. The van der Waals surface area contributed by atoms with E-state index in [1.54, 1.807) is 12.1 Å². The summed E-state index contributed by atoms with van der Waals surface area (Å²) in [7, 11) is 1.97. The smallest absolute Gasteiger partial charge is 0.545 e. The number of rotatable bonds is 7. The summed E-state index contributed by atoms with van der Waals surface area (Å²) in [5.41, 5.74) is 0.583. The van der Waals surface area contributed by atoms with Crippen LogP contribution in [0, 0.1) is 0 Å². The normalized spacial score (nSPS) is 10.1. The van der Waals surface area contributed by atoms with E-state index >= 15 is 0 Å². The largest absolute Gasteiger partial charge is 1.00 e. The number of anilines is 1. The van der Waals surface area contributed by atoms with E-state index in [4.69, 9.17) is 4.74 Å². The Labute approximate surface area is 208 Å². The number of carboxylic acids is 1. The molecular formula is C21H18F3N2NaO4S. The van der Waals surface area contributed by atoms with Gasteiger partial charge in [0.1, 0.15) is 5.75 Å². The van der Waals surface area contributed by atoms with Crippen molar-refractivity contribution < 1.29 is 62.2 Å². The molecule has 3 rings (SSSR count). The fraction of sp³-hybridized carbons (Fsp3) is 0.190. The number of aromatic nitrogens is 1. The SMILES string of the molecule is CF.COc1ccc2c(C(F)F)cc(SCC(=O)Nc3ccc(C(=O)[O-])cc3)nc2c1.[Na+]. The van der Waals surface area contributed by atoms with E-state index in [1.165, 1.54) is 43.5 Å². The zero-order valence-electron chi connectivity index (χ0n) is 17.5. The van der Waals surface area contributed by atoms with Crippen LogP contribution in [-0.4, -0.2) is 36.9 Å². The number of carboxylic acid groups (broad SMARTS) is 1. The molecule has 0 atom stereocenters. The number of nitrogens with one attached hydrogen (secondary N) is 1. The Morgan fingerprint density at radius 1 is 1.12 bits per heavy atom. The Kier molecular flexibility index (Phi) is 11.6. The maximum atomic E-state index is 13.4. The molecule has 1 heterocycles. The molecular weight excluding hydrogens is 456 g/mol. The number of thioether (sulfide) groups is 1. The number of ether oxygens (including phenoxy) is 1. The van der Waals surface area contributed by atoms with Crippen molar-refractivity contribution in [3.05, 3.63) is 59.7 Å². The number of hydrogen-bond acceptors (Lipinski definition) is 6. The fourth-order valence-electron chi connectivity index (χ4n) is 2.62. The van der Waals surface area contributed by atoms with Crippen LogP contribution in [0.4, 0.5) is 18.9 Å². The minimum absolute atomic E-state index is 0. The number of hydrogen-bond donors (Lipinski definition) is 1. The van der Waals surface area contributed by atoms with E-state index in [1.807, 2.05) is 0 Å². The Balaban J connectivity index is 0.00000166. The number of halogens is 3. The number of nitrogens with zero attached hydrogens (tertiary/aromatic N) is 1. The molecule has 0 saturated heterocycles. The molecule has 11 heteroatoms. The number of amides is 1. The molecule has 164 valence electrons. The first kappa shape index (κ1) is 27.8. The van der Waals surface area contributed by atoms with Gasteiger partial charge in [-0.05, 0) is 35.9 Å². The number of carbonyl (C=O) groups excluding carboxylic acids is 2. The van der Waals surface area contributed by atoms with Gasteiger partial charge in [0.15, 0.2) is 0 Å². The average molecular weight is 474 g/mol. The third kappa shape index (κ3) is 7.40. The monoisotopic (exact) mass is 474 g/mol. The predicted octanol–water partition coefficient (Wildman–Crippen LogP) is 0.865. The van der Waals surface area contributed by atoms with Crippen LogP contribution in [0.3, 0.4) is 0 Å². The molecule has 2 aromatic carbocycles. The zero-order valence-corrected chi connectivity index (χ0v) is 20.3. The molecule has 0 fully saturated rings.